The molecule has 0 amide bonds. The van der Waals surface area contributed by atoms with Crippen LogP contribution in [-0.2, 0) is 0 Å². The van der Waals surface area contributed by atoms with E-state index in [1.165, 1.54) is 12.8 Å². The van der Waals surface area contributed by atoms with E-state index in [-0.39, 0.29) is 5.54 Å². The van der Waals surface area contributed by atoms with E-state index >= 15 is 0 Å². The molecule has 1 saturated carbocycles. The van der Waals surface area contributed by atoms with Crippen LogP contribution < -0.4 is 11.1 Å². The molecule has 0 spiro atoms. The van der Waals surface area contributed by atoms with Crippen molar-refractivity contribution < 1.29 is 0 Å². The van der Waals surface area contributed by atoms with Crippen LogP contribution in [0.3, 0.4) is 0 Å². The standard InChI is InChI=1S/C12H24N2/c1-5-6-14-12(9-13)8-11(3,4)7-10(12)2/h5,10,14H,1,6-9,13H2,2-4H3. The Morgan fingerprint density at radius 3 is 2.57 bits per heavy atom. The normalized spacial score (nSPS) is 35.9. The van der Waals surface area contributed by atoms with Crippen LogP contribution in [0.5, 0.6) is 0 Å². The number of hydrogen-bond acceptors (Lipinski definition) is 2. The SMILES string of the molecule is C=CCNC1(CN)CC(C)(C)CC1C. The molecule has 1 fully saturated rings. The van der Waals surface area contributed by atoms with Crippen molar-refractivity contribution in [3.05, 3.63) is 12.7 Å². The first-order valence-corrected chi connectivity index (χ1v) is 5.52. The van der Waals surface area contributed by atoms with E-state index in [0.717, 1.165) is 13.1 Å². The van der Waals surface area contributed by atoms with Gasteiger partial charge < -0.3 is 11.1 Å². The minimum atomic E-state index is 0.137. The fraction of sp³-hybridized carbons (Fsp3) is 0.833. The Kier molecular flexibility index (Phi) is 3.38. The molecule has 0 aromatic heterocycles. The quantitative estimate of drug-likeness (QED) is 0.674. The van der Waals surface area contributed by atoms with Crippen LogP contribution in [0.25, 0.3) is 0 Å². The summed E-state index contributed by atoms with van der Waals surface area (Å²) in [6, 6.07) is 0. The highest BCUT2D eigenvalue weighted by Crippen LogP contribution is 2.46. The molecule has 1 rings (SSSR count). The average Bonchev–Trinajstić information content (AvgIpc) is 2.33. The van der Waals surface area contributed by atoms with E-state index in [4.69, 9.17) is 5.73 Å². The van der Waals surface area contributed by atoms with Crippen LogP contribution in [-0.4, -0.2) is 18.6 Å². The van der Waals surface area contributed by atoms with Crippen LogP contribution in [0.1, 0.15) is 33.6 Å². The van der Waals surface area contributed by atoms with Gasteiger partial charge in [-0.2, -0.15) is 0 Å². The van der Waals surface area contributed by atoms with Crippen LogP contribution in [0, 0.1) is 11.3 Å². The number of nitrogens with two attached hydrogens (primary N) is 1. The van der Waals surface area contributed by atoms with Crippen LogP contribution in [0.4, 0.5) is 0 Å². The van der Waals surface area contributed by atoms with Crippen molar-refractivity contribution in [2.45, 2.75) is 39.2 Å². The smallest absolute Gasteiger partial charge is 0.0337 e. The number of rotatable bonds is 4. The molecule has 0 aromatic carbocycles. The zero-order valence-corrected chi connectivity index (χ0v) is 9.77. The molecule has 2 nitrogen and oxygen atoms in total. The first kappa shape index (κ1) is 11.7. The lowest BCUT2D eigenvalue weighted by atomic mass is 9.86. The fourth-order valence-corrected chi connectivity index (χ4v) is 2.98. The molecule has 14 heavy (non-hydrogen) atoms. The Morgan fingerprint density at radius 2 is 2.21 bits per heavy atom. The molecule has 3 N–H and O–H groups in total. The van der Waals surface area contributed by atoms with Crippen molar-refractivity contribution in [3.8, 4) is 0 Å². The Hall–Kier alpha value is -0.340. The summed E-state index contributed by atoms with van der Waals surface area (Å²) >= 11 is 0. The highest BCUT2D eigenvalue weighted by atomic mass is 15.0. The summed E-state index contributed by atoms with van der Waals surface area (Å²) in [6.45, 7) is 12.3. The highest BCUT2D eigenvalue weighted by molar-refractivity contribution is 5.05. The molecule has 0 saturated heterocycles. The first-order chi connectivity index (χ1) is 6.46. The van der Waals surface area contributed by atoms with Crippen molar-refractivity contribution in [2.24, 2.45) is 17.1 Å². The maximum Gasteiger partial charge on any atom is 0.0337 e. The Balaban J connectivity index is 2.73. The van der Waals surface area contributed by atoms with Crippen molar-refractivity contribution in [3.63, 3.8) is 0 Å². The average molecular weight is 196 g/mol. The Labute approximate surface area is 87.9 Å². The summed E-state index contributed by atoms with van der Waals surface area (Å²) in [6.07, 6.45) is 4.34. The zero-order valence-electron chi connectivity index (χ0n) is 9.77. The maximum atomic E-state index is 5.92. The second kappa shape index (κ2) is 4.03. The molecule has 2 heteroatoms. The lowest BCUT2D eigenvalue weighted by Crippen LogP contribution is -2.53. The largest absolute Gasteiger partial charge is 0.329 e. The van der Waals surface area contributed by atoms with Gasteiger partial charge in [0.05, 0.1) is 0 Å². The van der Waals surface area contributed by atoms with Gasteiger partial charge in [0.2, 0.25) is 0 Å². The molecule has 82 valence electrons. The van der Waals surface area contributed by atoms with Gasteiger partial charge in [-0.05, 0) is 24.2 Å². The lowest BCUT2D eigenvalue weighted by Gasteiger charge is -2.34. The third-order valence-electron chi connectivity index (χ3n) is 3.56. The van der Waals surface area contributed by atoms with Gasteiger partial charge in [-0.1, -0.05) is 26.8 Å². The van der Waals surface area contributed by atoms with Crippen molar-refractivity contribution in [2.75, 3.05) is 13.1 Å². The summed E-state index contributed by atoms with van der Waals surface area (Å²) in [5, 5.41) is 3.56. The Morgan fingerprint density at radius 1 is 1.57 bits per heavy atom. The summed E-state index contributed by atoms with van der Waals surface area (Å²) in [7, 11) is 0. The van der Waals surface area contributed by atoms with Gasteiger partial charge in [0.1, 0.15) is 0 Å². The van der Waals surface area contributed by atoms with Gasteiger partial charge in [-0.15, -0.1) is 6.58 Å². The first-order valence-electron chi connectivity index (χ1n) is 5.52. The molecule has 2 unspecified atom stereocenters. The van der Waals surface area contributed by atoms with Gasteiger partial charge in [0.25, 0.3) is 0 Å². The molecule has 0 aliphatic heterocycles. The maximum absolute atomic E-state index is 5.92. The lowest BCUT2D eigenvalue weighted by molar-refractivity contribution is 0.266. The van der Waals surface area contributed by atoms with Crippen molar-refractivity contribution in [1.29, 1.82) is 0 Å². The Bertz CT molecular complexity index is 210. The van der Waals surface area contributed by atoms with E-state index in [2.05, 4.69) is 32.7 Å². The molecular weight excluding hydrogens is 172 g/mol. The van der Waals surface area contributed by atoms with Gasteiger partial charge in [-0.3, -0.25) is 0 Å². The molecule has 0 radical (unpaired) electrons. The number of hydrogen-bond donors (Lipinski definition) is 2. The molecule has 1 aliphatic rings. The highest BCUT2D eigenvalue weighted by Gasteiger charge is 2.47. The molecule has 2 atom stereocenters. The predicted octanol–water partition coefficient (Wildman–Crippen LogP) is 1.92. The fourth-order valence-electron chi connectivity index (χ4n) is 2.98. The van der Waals surface area contributed by atoms with Crippen molar-refractivity contribution in [1.82, 2.24) is 5.32 Å². The van der Waals surface area contributed by atoms with Gasteiger partial charge in [-0.25, -0.2) is 0 Å². The van der Waals surface area contributed by atoms with Crippen molar-refractivity contribution >= 4 is 0 Å². The third kappa shape index (κ3) is 2.18. The zero-order chi connectivity index (χ0) is 10.8. The topological polar surface area (TPSA) is 38.0 Å². The molecule has 0 heterocycles. The second-order valence-electron chi connectivity index (χ2n) is 5.48. The predicted molar refractivity (Wildman–Crippen MR) is 62.2 cm³/mol. The van der Waals surface area contributed by atoms with Crippen LogP contribution in [0.15, 0.2) is 12.7 Å². The van der Waals surface area contributed by atoms with E-state index < -0.39 is 0 Å². The van der Waals surface area contributed by atoms with Gasteiger partial charge in [0.15, 0.2) is 0 Å². The van der Waals surface area contributed by atoms with E-state index in [9.17, 15) is 0 Å². The molecule has 0 aromatic rings. The van der Waals surface area contributed by atoms with E-state index in [1.807, 2.05) is 6.08 Å². The van der Waals surface area contributed by atoms with Crippen LogP contribution in [0.2, 0.25) is 0 Å². The summed E-state index contributed by atoms with van der Waals surface area (Å²) in [4.78, 5) is 0. The second-order valence-corrected chi connectivity index (χ2v) is 5.48. The minimum Gasteiger partial charge on any atom is -0.329 e. The summed E-state index contributed by atoms with van der Waals surface area (Å²) in [5.74, 6) is 0.655. The molecule has 0 bridgehead atoms. The van der Waals surface area contributed by atoms with Gasteiger partial charge >= 0.3 is 0 Å². The minimum absolute atomic E-state index is 0.137. The van der Waals surface area contributed by atoms with Crippen LogP contribution >= 0.6 is 0 Å². The molecule has 1 aliphatic carbocycles. The number of nitrogens with one attached hydrogen (secondary N) is 1. The monoisotopic (exact) mass is 196 g/mol. The summed E-state index contributed by atoms with van der Waals surface area (Å²) in [5.41, 5.74) is 6.48. The van der Waals surface area contributed by atoms with Gasteiger partial charge in [0, 0.05) is 18.6 Å². The van der Waals surface area contributed by atoms with E-state index in [0.29, 0.717) is 11.3 Å². The summed E-state index contributed by atoms with van der Waals surface area (Å²) < 4.78 is 0. The van der Waals surface area contributed by atoms with E-state index in [1.54, 1.807) is 0 Å². The third-order valence-corrected chi connectivity index (χ3v) is 3.56. The molecular formula is C12H24N2.